The van der Waals surface area contributed by atoms with Crippen LogP contribution in [0.2, 0.25) is 0 Å². The third-order valence-electron chi connectivity index (χ3n) is 7.53. The molecule has 0 unspecified atom stereocenters. The van der Waals surface area contributed by atoms with Gasteiger partial charge in [0.05, 0.1) is 4.70 Å². The van der Waals surface area contributed by atoms with Gasteiger partial charge in [-0.3, -0.25) is 9.69 Å². The summed E-state index contributed by atoms with van der Waals surface area (Å²) in [4.78, 5) is 19.9. The van der Waals surface area contributed by atoms with E-state index < -0.39 is 0 Å². The van der Waals surface area contributed by atoms with Crippen LogP contribution in [0.3, 0.4) is 0 Å². The standard InChI is InChI=1S/C28H32N4O3S/c33-27(10-8-21-7-9-24-25(18-21)35-20-34-24)32-12-3-4-22(19-32)11-13-30-14-16-31(17-15-30)28-23-5-1-2-6-26(23)36-29-28/h1-2,5-10,18,22H,3-4,11-17,19-20H2/t22-/m0/s1. The smallest absolute Gasteiger partial charge is 0.246 e. The maximum absolute atomic E-state index is 12.9. The number of nitrogens with zero attached hydrogens (tertiary/aromatic N) is 4. The number of ether oxygens (including phenoxy) is 2. The zero-order chi connectivity index (χ0) is 24.3. The van der Waals surface area contributed by atoms with Gasteiger partial charge in [-0.2, -0.15) is 4.37 Å². The fourth-order valence-corrected chi connectivity index (χ4v) is 6.24. The van der Waals surface area contributed by atoms with Crippen molar-refractivity contribution in [2.24, 2.45) is 5.92 Å². The van der Waals surface area contributed by atoms with Crippen LogP contribution in [0, 0.1) is 5.92 Å². The number of amides is 1. The second-order valence-corrected chi connectivity index (χ2v) is 10.7. The highest BCUT2D eigenvalue weighted by molar-refractivity contribution is 7.13. The molecule has 4 heterocycles. The van der Waals surface area contributed by atoms with E-state index in [4.69, 9.17) is 13.8 Å². The predicted molar refractivity (Wildman–Crippen MR) is 144 cm³/mol. The zero-order valence-corrected chi connectivity index (χ0v) is 21.3. The lowest BCUT2D eigenvalue weighted by Crippen LogP contribution is -2.47. The Morgan fingerprint density at radius 3 is 2.83 bits per heavy atom. The molecule has 2 aromatic carbocycles. The van der Waals surface area contributed by atoms with E-state index in [2.05, 4.69) is 34.1 Å². The molecule has 36 heavy (non-hydrogen) atoms. The number of fused-ring (bicyclic) bond motifs is 2. The molecule has 1 aromatic heterocycles. The third kappa shape index (κ3) is 5.06. The van der Waals surface area contributed by atoms with Crippen molar-refractivity contribution in [3.05, 3.63) is 54.1 Å². The maximum Gasteiger partial charge on any atom is 0.246 e. The molecule has 188 valence electrons. The Hall–Kier alpha value is -3.10. The molecule has 0 saturated carbocycles. The summed E-state index contributed by atoms with van der Waals surface area (Å²) in [6, 6.07) is 14.3. The molecule has 0 aliphatic carbocycles. The number of anilines is 1. The summed E-state index contributed by atoms with van der Waals surface area (Å²) in [5, 5.41) is 1.27. The average Bonchev–Trinajstić information content (AvgIpc) is 3.58. The van der Waals surface area contributed by atoms with E-state index in [9.17, 15) is 4.79 Å². The molecule has 0 N–H and O–H groups in total. The van der Waals surface area contributed by atoms with Crippen molar-refractivity contribution in [3.8, 4) is 11.5 Å². The summed E-state index contributed by atoms with van der Waals surface area (Å²) in [5.74, 6) is 3.31. The second-order valence-electron chi connectivity index (χ2n) is 9.86. The van der Waals surface area contributed by atoms with Crippen LogP contribution in [0.1, 0.15) is 24.8 Å². The van der Waals surface area contributed by atoms with Crippen molar-refractivity contribution in [2.45, 2.75) is 19.3 Å². The Labute approximate surface area is 216 Å². The van der Waals surface area contributed by atoms with Crippen LogP contribution in [0.4, 0.5) is 5.82 Å². The van der Waals surface area contributed by atoms with E-state index in [1.165, 1.54) is 16.5 Å². The lowest BCUT2D eigenvalue weighted by atomic mass is 9.94. The van der Waals surface area contributed by atoms with Crippen LogP contribution < -0.4 is 14.4 Å². The minimum atomic E-state index is 0.0986. The van der Waals surface area contributed by atoms with Crippen molar-refractivity contribution in [3.63, 3.8) is 0 Å². The minimum absolute atomic E-state index is 0.0986. The molecule has 0 radical (unpaired) electrons. The Balaban J connectivity index is 0.969. The number of piperazine rings is 1. The largest absolute Gasteiger partial charge is 0.454 e. The predicted octanol–water partition coefficient (Wildman–Crippen LogP) is 4.49. The highest BCUT2D eigenvalue weighted by Gasteiger charge is 2.25. The molecule has 0 spiro atoms. The van der Waals surface area contributed by atoms with E-state index in [1.807, 2.05) is 29.2 Å². The van der Waals surface area contributed by atoms with Crippen LogP contribution >= 0.6 is 11.5 Å². The minimum Gasteiger partial charge on any atom is -0.454 e. The van der Waals surface area contributed by atoms with Crippen molar-refractivity contribution in [2.75, 3.05) is 57.5 Å². The molecular weight excluding hydrogens is 472 g/mol. The SMILES string of the molecule is O=C(C=Cc1ccc2c(c1)OCO2)N1CCC[C@@H](CCN2CCN(c3nsc4ccccc34)CC2)C1. The topological polar surface area (TPSA) is 58.1 Å². The van der Waals surface area contributed by atoms with Crippen LogP contribution in [-0.2, 0) is 4.79 Å². The quantitative estimate of drug-likeness (QED) is 0.461. The first-order valence-corrected chi connectivity index (χ1v) is 13.7. The number of hydrogen-bond donors (Lipinski definition) is 0. The molecule has 1 amide bonds. The maximum atomic E-state index is 12.9. The monoisotopic (exact) mass is 504 g/mol. The summed E-state index contributed by atoms with van der Waals surface area (Å²) in [7, 11) is 0. The lowest BCUT2D eigenvalue weighted by Gasteiger charge is -2.37. The lowest BCUT2D eigenvalue weighted by molar-refractivity contribution is -0.127. The normalized spacial score (nSPS) is 20.5. The number of rotatable bonds is 6. The first-order chi connectivity index (χ1) is 17.7. The summed E-state index contributed by atoms with van der Waals surface area (Å²) >= 11 is 1.59. The highest BCUT2D eigenvalue weighted by Crippen LogP contribution is 2.33. The van der Waals surface area contributed by atoms with Gasteiger partial charge in [0.15, 0.2) is 11.5 Å². The number of aromatic nitrogens is 1. The van der Waals surface area contributed by atoms with Gasteiger partial charge in [-0.1, -0.05) is 18.2 Å². The first kappa shape index (κ1) is 23.3. The van der Waals surface area contributed by atoms with E-state index in [0.29, 0.717) is 5.92 Å². The number of hydrogen-bond acceptors (Lipinski definition) is 7. The molecule has 6 rings (SSSR count). The molecule has 8 heteroatoms. The molecule has 3 aliphatic heterocycles. The van der Waals surface area contributed by atoms with Crippen molar-refractivity contribution >= 4 is 39.4 Å². The Bertz CT molecular complexity index is 1250. The molecule has 0 bridgehead atoms. The number of carbonyl (C=O) groups excluding carboxylic acids is 1. The fourth-order valence-electron chi connectivity index (χ4n) is 5.44. The number of likely N-dealkylation sites (tertiary alicyclic amines) is 1. The van der Waals surface area contributed by atoms with Gasteiger partial charge in [0.2, 0.25) is 12.7 Å². The van der Waals surface area contributed by atoms with E-state index in [-0.39, 0.29) is 12.7 Å². The molecule has 7 nitrogen and oxygen atoms in total. The van der Waals surface area contributed by atoms with Crippen LogP contribution in [-0.4, -0.2) is 72.7 Å². The Kier molecular flexibility index (Phi) is 6.79. The van der Waals surface area contributed by atoms with Crippen molar-refractivity contribution in [1.29, 1.82) is 0 Å². The molecule has 2 fully saturated rings. The van der Waals surface area contributed by atoms with Crippen molar-refractivity contribution in [1.82, 2.24) is 14.2 Å². The summed E-state index contributed by atoms with van der Waals surface area (Å²) in [6.45, 7) is 7.25. The number of piperidine rings is 1. The molecule has 3 aliphatic rings. The molecular formula is C28H32N4O3S. The molecule has 1 atom stereocenters. The zero-order valence-electron chi connectivity index (χ0n) is 20.5. The van der Waals surface area contributed by atoms with Gasteiger partial charge in [-0.05, 0) is 79.2 Å². The molecule has 3 aromatic rings. The van der Waals surface area contributed by atoms with Gasteiger partial charge in [0.1, 0.15) is 5.82 Å². The Morgan fingerprint density at radius 2 is 1.92 bits per heavy atom. The summed E-state index contributed by atoms with van der Waals surface area (Å²) < 4.78 is 16.8. The third-order valence-corrected chi connectivity index (χ3v) is 8.35. The Morgan fingerprint density at radius 1 is 1.06 bits per heavy atom. The van der Waals surface area contributed by atoms with E-state index >= 15 is 0 Å². The van der Waals surface area contributed by atoms with Gasteiger partial charge in [-0.25, -0.2) is 0 Å². The summed E-state index contributed by atoms with van der Waals surface area (Å²) in [5.41, 5.74) is 0.950. The van der Waals surface area contributed by atoms with E-state index in [0.717, 1.165) is 81.5 Å². The van der Waals surface area contributed by atoms with Gasteiger partial charge in [-0.15, -0.1) is 0 Å². The molecule has 2 saturated heterocycles. The van der Waals surface area contributed by atoms with Gasteiger partial charge >= 0.3 is 0 Å². The number of benzene rings is 2. The fraction of sp³-hybridized carbons (Fsp3) is 0.429. The number of carbonyl (C=O) groups is 1. The van der Waals surface area contributed by atoms with E-state index in [1.54, 1.807) is 17.6 Å². The van der Waals surface area contributed by atoms with Gasteiger partial charge in [0.25, 0.3) is 0 Å². The average molecular weight is 505 g/mol. The van der Waals surface area contributed by atoms with Gasteiger partial charge < -0.3 is 19.3 Å². The van der Waals surface area contributed by atoms with Crippen LogP contribution in [0.15, 0.2) is 48.5 Å². The van der Waals surface area contributed by atoms with Gasteiger partial charge in [0, 0.05) is 50.7 Å². The van der Waals surface area contributed by atoms with Crippen LogP contribution in [0.5, 0.6) is 11.5 Å². The second kappa shape index (κ2) is 10.5. The van der Waals surface area contributed by atoms with Crippen LogP contribution in [0.25, 0.3) is 16.2 Å². The first-order valence-electron chi connectivity index (χ1n) is 12.9. The van der Waals surface area contributed by atoms with Crippen molar-refractivity contribution < 1.29 is 14.3 Å². The summed E-state index contributed by atoms with van der Waals surface area (Å²) in [6.07, 6.45) is 7.01. The highest BCUT2D eigenvalue weighted by atomic mass is 32.1.